The van der Waals surface area contributed by atoms with Crippen molar-refractivity contribution in [2.45, 2.75) is 5.25 Å². The van der Waals surface area contributed by atoms with Crippen LogP contribution in [0.25, 0.3) is 0 Å². The van der Waals surface area contributed by atoms with Crippen molar-refractivity contribution in [3.63, 3.8) is 0 Å². The molecular formula is C16H16O2S. The van der Waals surface area contributed by atoms with E-state index in [1.54, 1.807) is 0 Å². The second kappa shape index (κ2) is 7.12. The second-order valence-corrected chi connectivity index (χ2v) is 5.33. The van der Waals surface area contributed by atoms with Gasteiger partial charge in [0.25, 0.3) is 0 Å². The summed E-state index contributed by atoms with van der Waals surface area (Å²) >= 11 is 1.48. The number of aliphatic hydroxyl groups excluding tert-OH is 1. The number of ketones is 1. The van der Waals surface area contributed by atoms with Crippen molar-refractivity contribution in [3.05, 3.63) is 71.8 Å². The highest BCUT2D eigenvalue weighted by Crippen LogP contribution is 2.31. The smallest absolute Gasteiger partial charge is 0.180 e. The van der Waals surface area contributed by atoms with Gasteiger partial charge in [0.15, 0.2) is 5.78 Å². The number of hydrogen-bond donors (Lipinski definition) is 1. The fraction of sp³-hybridized carbons (Fsp3) is 0.188. The molecule has 2 rings (SSSR count). The molecule has 0 bridgehead atoms. The average Bonchev–Trinajstić information content (AvgIpc) is 2.49. The Labute approximate surface area is 117 Å². The molecule has 1 atom stereocenters. The average molecular weight is 272 g/mol. The highest BCUT2D eigenvalue weighted by atomic mass is 32.2. The molecule has 0 aliphatic heterocycles. The van der Waals surface area contributed by atoms with E-state index >= 15 is 0 Å². The van der Waals surface area contributed by atoms with Gasteiger partial charge in [-0.25, -0.2) is 0 Å². The SMILES string of the molecule is O=C(c1ccccc1)C(SCCO)c1ccccc1. The number of benzene rings is 2. The molecule has 0 radical (unpaired) electrons. The van der Waals surface area contributed by atoms with E-state index in [0.717, 1.165) is 5.56 Å². The minimum atomic E-state index is -0.254. The first-order chi connectivity index (χ1) is 9.33. The predicted octanol–water partition coefficient (Wildman–Crippen LogP) is 3.34. The van der Waals surface area contributed by atoms with Crippen LogP contribution in [0.15, 0.2) is 60.7 Å². The minimum Gasteiger partial charge on any atom is -0.396 e. The van der Waals surface area contributed by atoms with Crippen molar-refractivity contribution < 1.29 is 9.90 Å². The van der Waals surface area contributed by atoms with Gasteiger partial charge in [0.2, 0.25) is 0 Å². The summed E-state index contributed by atoms with van der Waals surface area (Å²) in [5.41, 5.74) is 1.69. The molecule has 2 nitrogen and oxygen atoms in total. The Hall–Kier alpha value is -1.58. The van der Waals surface area contributed by atoms with Crippen LogP contribution in [0.2, 0.25) is 0 Å². The van der Waals surface area contributed by atoms with E-state index < -0.39 is 0 Å². The molecule has 0 saturated carbocycles. The molecule has 0 amide bonds. The van der Waals surface area contributed by atoms with Gasteiger partial charge in [0.1, 0.15) is 0 Å². The second-order valence-electron chi connectivity index (χ2n) is 4.12. The lowest BCUT2D eigenvalue weighted by Crippen LogP contribution is -2.11. The van der Waals surface area contributed by atoms with E-state index in [0.29, 0.717) is 11.3 Å². The molecule has 0 fully saturated rings. The van der Waals surface area contributed by atoms with Crippen molar-refractivity contribution in [1.29, 1.82) is 0 Å². The van der Waals surface area contributed by atoms with Crippen LogP contribution in [0.1, 0.15) is 21.2 Å². The van der Waals surface area contributed by atoms with Crippen LogP contribution in [0.3, 0.4) is 0 Å². The van der Waals surface area contributed by atoms with Crippen LogP contribution >= 0.6 is 11.8 Å². The van der Waals surface area contributed by atoms with Gasteiger partial charge in [0.05, 0.1) is 11.9 Å². The highest BCUT2D eigenvalue weighted by molar-refractivity contribution is 8.00. The van der Waals surface area contributed by atoms with Gasteiger partial charge in [0, 0.05) is 11.3 Å². The van der Waals surface area contributed by atoms with Gasteiger partial charge in [-0.3, -0.25) is 4.79 Å². The number of carbonyl (C=O) groups is 1. The minimum absolute atomic E-state index is 0.0794. The molecule has 98 valence electrons. The molecule has 0 aromatic heterocycles. The van der Waals surface area contributed by atoms with E-state index in [1.807, 2.05) is 60.7 Å². The Morgan fingerprint density at radius 1 is 1.00 bits per heavy atom. The third kappa shape index (κ3) is 3.69. The van der Waals surface area contributed by atoms with Gasteiger partial charge in [-0.2, -0.15) is 0 Å². The summed E-state index contributed by atoms with van der Waals surface area (Å²) in [5, 5.41) is 8.73. The van der Waals surface area contributed by atoms with Crippen molar-refractivity contribution in [1.82, 2.24) is 0 Å². The number of hydrogen-bond acceptors (Lipinski definition) is 3. The first-order valence-electron chi connectivity index (χ1n) is 6.19. The summed E-state index contributed by atoms with van der Waals surface area (Å²) in [6.07, 6.45) is 0. The van der Waals surface area contributed by atoms with Crippen LogP contribution in [-0.2, 0) is 0 Å². The van der Waals surface area contributed by atoms with Crippen LogP contribution < -0.4 is 0 Å². The largest absolute Gasteiger partial charge is 0.396 e. The molecule has 0 spiro atoms. The first-order valence-corrected chi connectivity index (χ1v) is 7.24. The number of thioether (sulfide) groups is 1. The first kappa shape index (κ1) is 13.8. The van der Waals surface area contributed by atoms with Gasteiger partial charge < -0.3 is 5.11 Å². The Kier molecular flexibility index (Phi) is 5.19. The maximum absolute atomic E-state index is 12.5. The number of Topliss-reactive ketones (excluding diaryl/α,β-unsaturated/α-hetero) is 1. The quantitative estimate of drug-likeness (QED) is 0.820. The zero-order valence-corrected chi connectivity index (χ0v) is 11.3. The van der Waals surface area contributed by atoms with E-state index in [4.69, 9.17) is 5.11 Å². The summed E-state index contributed by atoms with van der Waals surface area (Å²) in [7, 11) is 0. The van der Waals surface area contributed by atoms with Crippen molar-refractivity contribution in [2.75, 3.05) is 12.4 Å². The lowest BCUT2D eigenvalue weighted by Gasteiger charge is -2.15. The maximum Gasteiger partial charge on any atom is 0.180 e. The number of rotatable bonds is 6. The molecule has 1 N–H and O–H groups in total. The number of aliphatic hydroxyl groups is 1. The molecule has 0 saturated heterocycles. The Morgan fingerprint density at radius 3 is 2.16 bits per heavy atom. The van der Waals surface area contributed by atoms with Gasteiger partial charge in [-0.15, -0.1) is 11.8 Å². The maximum atomic E-state index is 12.5. The Balaban J connectivity index is 2.25. The van der Waals surface area contributed by atoms with E-state index in [-0.39, 0.29) is 17.6 Å². The molecule has 2 aromatic carbocycles. The van der Waals surface area contributed by atoms with E-state index in [1.165, 1.54) is 11.8 Å². The zero-order chi connectivity index (χ0) is 13.5. The molecule has 2 aromatic rings. The lowest BCUT2D eigenvalue weighted by atomic mass is 10.0. The van der Waals surface area contributed by atoms with Crippen LogP contribution in [0, 0.1) is 0 Å². The van der Waals surface area contributed by atoms with Crippen molar-refractivity contribution in [2.24, 2.45) is 0 Å². The monoisotopic (exact) mass is 272 g/mol. The van der Waals surface area contributed by atoms with E-state index in [2.05, 4.69) is 0 Å². The molecule has 3 heteroatoms. The summed E-state index contributed by atoms with van der Waals surface area (Å²) in [5.74, 6) is 0.642. The highest BCUT2D eigenvalue weighted by Gasteiger charge is 2.21. The third-order valence-electron chi connectivity index (χ3n) is 2.77. The van der Waals surface area contributed by atoms with Crippen LogP contribution in [0.5, 0.6) is 0 Å². The van der Waals surface area contributed by atoms with E-state index in [9.17, 15) is 4.79 Å². The fourth-order valence-electron chi connectivity index (χ4n) is 1.88. The summed E-state index contributed by atoms with van der Waals surface area (Å²) < 4.78 is 0. The van der Waals surface area contributed by atoms with Gasteiger partial charge in [-0.1, -0.05) is 60.7 Å². The predicted molar refractivity (Wildman–Crippen MR) is 79.5 cm³/mol. The topological polar surface area (TPSA) is 37.3 Å². The van der Waals surface area contributed by atoms with Crippen LogP contribution in [0.4, 0.5) is 0 Å². The molecule has 0 aliphatic carbocycles. The van der Waals surface area contributed by atoms with Crippen LogP contribution in [-0.4, -0.2) is 23.2 Å². The van der Waals surface area contributed by atoms with Crippen molar-refractivity contribution >= 4 is 17.5 Å². The molecule has 19 heavy (non-hydrogen) atoms. The number of carbonyl (C=O) groups excluding carboxylic acids is 1. The fourth-order valence-corrected chi connectivity index (χ4v) is 2.85. The molecule has 1 unspecified atom stereocenters. The van der Waals surface area contributed by atoms with Gasteiger partial charge >= 0.3 is 0 Å². The van der Waals surface area contributed by atoms with Gasteiger partial charge in [-0.05, 0) is 5.56 Å². The Bertz CT molecular complexity index is 511. The zero-order valence-electron chi connectivity index (χ0n) is 10.5. The molecule has 0 heterocycles. The summed E-state index contributed by atoms with van der Waals surface area (Å²) in [6, 6.07) is 19.0. The Morgan fingerprint density at radius 2 is 1.58 bits per heavy atom. The lowest BCUT2D eigenvalue weighted by molar-refractivity contribution is 0.0989. The molecule has 0 aliphatic rings. The van der Waals surface area contributed by atoms with Crippen molar-refractivity contribution in [3.8, 4) is 0 Å². The normalized spacial score (nSPS) is 12.1. The summed E-state index contributed by atoms with van der Waals surface area (Å²) in [4.78, 5) is 12.5. The summed E-state index contributed by atoms with van der Waals surface area (Å²) in [6.45, 7) is 0.0794. The third-order valence-corrected chi connectivity index (χ3v) is 4.01. The standard InChI is InChI=1S/C16H16O2S/c17-11-12-19-16(14-9-5-2-6-10-14)15(18)13-7-3-1-4-8-13/h1-10,16-17H,11-12H2. The molecular weight excluding hydrogens is 256 g/mol.